The summed E-state index contributed by atoms with van der Waals surface area (Å²) in [4.78, 5) is 0. The molecule has 1 heterocycles. The maximum absolute atomic E-state index is 5.74. The van der Waals surface area contributed by atoms with Crippen molar-refractivity contribution < 1.29 is 0 Å². The molecule has 4 nitrogen and oxygen atoms in total. The van der Waals surface area contributed by atoms with Crippen LogP contribution in [0.2, 0.25) is 0 Å². The standard InChI is InChI=1S/C20H18N4S/c25-20-23(17-12-6-2-7-13-17)21-19(16-10-4-1-5-11-16)22-24(20)18-14-8-3-9-15-18/h1-15,19,21-22H/i23+1. The van der Waals surface area contributed by atoms with Crippen LogP contribution >= 0.6 is 12.2 Å². The van der Waals surface area contributed by atoms with E-state index in [1.54, 1.807) is 0 Å². The SMILES string of the molecule is S=C1N(c2ccccc2)NC(c2ccccc2)N[15N]1c1ccccc1. The van der Waals surface area contributed by atoms with Gasteiger partial charge >= 0.3 is 0 Å². The lowest BCUT2D eigenvalue weighted by Gasteiger charge is -2.43. The van der Waals surface area contributed by atoms with Crippen LogP contribution in [0.15, 0.2) is 91.0 Å². The fourth-order valence-electron chi connectivity index (χ4n) is 2.82. The van der Waals surface area contributed by atoms with Gasteiger partial charge in [0.25, 0.3) is 0 Å². The normalized spacial score (nSPS) is 17.6. The first kappa shape index (κ1) is 15.8. The topological polar surface area (TPSA) is 30.5 Å². The highest BCUT2D eigenvalue weighted by molar-refractivity contribution is 7.80. The molecular formula is C20H18N4S. The molecule has 0 aromatic heterocycles. The quantitative estimate of drug-likeness (QED) is 0.552. The van der Waals surface area contributed by atoms with Gasteiger partial charge in [-0.25, -0.2) is 20.9 Å². The molecule has 3 aromatic rings. The Morgan fingerprint density at radius 2 is 1.00 bits per heavy atom. The van der Waals surface area contributed by atoms with Crippen LogP contribution in [-0.4, -0.2) is 5.11 Å². The largest absolute Gasteiger partial charge is 0.249 e. The third-order valence-corrected chi connectivity index (χ3v) is 4.43. The summed E-state index contributed by atoms with van der Waals surface area (Å²) in [5, 5.41) is 4.53. The number of rotatable bonds is 3. The summed E-state index contributed by atoms with van der Waals surface area (Å²) >= 11 is 5.74. The Bertz CT molecular complexity index is 788. The van der Waals surface area contributed by atoms with Crippen molar-refractivity contribution in [1.82, 2.24) is 10.9 Å². The first-order chi connectivity index (χ1) is 12.3. The van der Waals surface area contributed by atoms with Crippen molar-refractivity contribution in [3.63, 3.8) is 0 Å². The second-order valence-electron chi connectivity index (χ2n) is 5.73. The van der Waals surface area contributed by atoms with Gasteiger partial charge in [0.2, 0.25) is 5.11 Å². The van der Waals surface area contributed by atoms with Crippen molar-refractivity contribution in [3.05, 3.63) is 96.6 Å². The molecule has 124 valence electrons. The Morgan fingerprint density at radius 3 is 1.44 bits per heavy atom. The van der Waals surface area contributed by atoms with Gasteiger partial charge in [-0.05, 0) is 42.0 Å². The molecule has 0 spiro atoms. The first-order valence-corrected chi connectivity index (χ1v) is 8.55. The Hall–Kier alpha value is -2.73. The zero-order chi connectivity index (χ0) is 17.1. The number of thiocarbonyl (C=S) groups is 1. The number of hydrazine groups is 2. The smallest absolute Gasteiger partial charge is 0.210 e. The predicted octanol–water partition coefficient (Wildman–Crippen LogP) is 4.01. The van der Waals surface area contributed by atoms with Crippen molar-refractivity contribution in [2.75, 3.05) is 10.0 Å². The number of nitrogens with zero attached hydrogens (tertiary/aromatic N) is 2. The maximum atomic E-state index is 5.74. The number of benzene rings is 3. The van der Waals surface area contributed by atoms with Crippen LogP contribution in [0.5, 0.6) is 0 Å². The summed E-state index contributed by atoms with van der Waals surface area (Å²) in [7, 11) is 0. The molecule has 0 bridgehead atoms. The molecule has 1 saturated heterocycles. The summed E-state index contributed by atoms with van der Waals surface area (Å²) in [5.74, 6) is 0. The molecule has 1 aliphatic heterocycles. The van der Waals surface area contributed by atoms with E-state index in [0.29, 0.717) is 5.11 Å². The van der Waals surface area contributed by atoms with E-state index < -0.39 is 0 Å². The summed E-state index contributed by atoms with van der Waals surface area (Å²) in [6, 6.07) is 30.4. The van der Waals surface area contributed by atoms with Crippen LogP contribution in [0, 0.1) is 0 Å². The summed E-state index contributed by atoms with van der Waals surface area (Å²) in [6.45, 7) is 0. The molecule has 25 heavy (non-hydrogen) atoms. The molecule has 1 fully saturated rings. The van der Waals surface area contributed by atoms with Gasteiger partial charge in [-0.3, -0.25) is 0 Å². The fraction of sp³-hybridized carbons (Fsp3) is 0.0500. The van der Waals surface area contributed by atoms with Gasteiger partial charge in [-0.1, -0.05) is 66.7 Å². The van der Waals surface area contributed by atoms with E-state index in [9.17, 15) is 0 Å². The minimum atomic E-state index is -0.103. The third-order valence-electron chi connectivity index (χ3n) is 4.06. The van der Waals surface area contributed by atoms with Crippen molar-refractivity contribution in [2.45, 2.75) is 6.17 Å². The molecule has 0 aliphatic carbocycles. The van der Waals surface area contributed by atoms with E-state index in [0.717, 1.165) is 16.9 Å². The Labute approximate surface area is 152 Å². The van der Waals surface area contributed by atoms with Gasteiger partial charge in [-0.2, -0.15) is 0 Å². The van der Waals surface area contributed by atoms with E-state index in [4.69, 9.17) is 12.2 Å². The van der Waals surface area contributed by atoms with Crippen molar-refractivity contribution in [1.29, 1.82) is 0 Å². The molecule has 0 radical (unpaired) electrons. The van der Waals surface area contributed by atoms with E-state index in [1.807, 2.05) is 88.9 Å². The van der Waals surface area contributed by atoms with E-state index >= 15 is 0 Å². The molecule has 1 atom stereocenters. The molecule has 3 aromatic carbocycles. The van der Waals surface area contributed by atoms with Gasteiger partial charge < -0.3 is 0 Å². The predicted molar refractivity (Wildman–Crippen MR) is 106 cm³/mol. The Balaban J connectivity index is 1.73. The molecule has 4 rings (SSSR count). The Morgan fingerprint density at radius 1 is 0.600 bits per heavy atom. The molecule has 0 saturated carbocycles. The zero-order valence-electron chi connectivity index (χ0n) is 13.5. The van der Waals surface area contributed by atoms with Crippen LogP contribution in [0.25, 0.3) is 0 Å². The number of hydrogen-bond donors (Lipinski definition) is 2. The number of para-hydroxylation sites is 2. The molecule has 1 aliphatic rings. The lowest BCUT2D eigenvalue weighted by atomic mass is 10.2. The molecule has 0 amide bonds. The second-order valence-corrected chi connectivity index (χ2v) is 6.09. The summed E-state index contributed by atoms with van der Waals surface area (Å²) in [6.07, 6.45) is -0.103. The van der Waals surface area contributed by atoms with E-state index in [1.165, 1.54) is 0 Å². The van der Waals surface area contributed by atoms with Gasteiger partial charge in [0, 0.05) is 0 Å². The molecule has 2 N–H and O–H groups in total. The number of nitrogens with one attached hydrogen (secondary N) is 2. The lowest BCUT2D eigenvalue weighted by Crippen LogP contribution is -2.65. The molecule has 5 heteroatoms. The minimum Gasteiger partial charge on any atom is -0.249 e. The number of hydrogen-bond acceptors (Lipinski definition) is 3. The minimum absolute atomic E-state index is 0.103. The van der Waals surface area contributed by atoms with Crippen LogP contribution in [0.4, 0.5) is 11.4 Å². The van der Waals surface area contributed by atoms with Gasteiger partial charge in [0.15, 0.2) is 0 Å². The first-order valence-electron chi connectivity index (χ1n) is 8.14. The van der Waals surface area contributed by atoms with Gasteiger partial charge in [0.05, 0.1) is 11.4 Å². The van der Waals surface area contributed by atoms with E-state index in [2.05, 4.69) is 23.0 Å². The zero-order valence-corrected chi connectivity index (χ0v) is 14.4. The van der Waals surface area contributed by atoms with Crippen LogP contribution in [0.1, 0.15) is 11.7 Å². The lowest BCUT2D eigenvalue weighted by molar-refractivity contribution is 0.429. The Kier molecular flexibility index (Phi) is 4.43. The highest BCUT2D eigenvalue weighted by Crippen LogP contribution is 2.25. The maximum Gasteiger partial charge on any atom is 0.210 e. The monoisotopic (exact) mass is 347 g/mol. The highest BCUT2D eigenvalue weighted by Gasteiger charge is 2.30. The average molecular weight is 347 g/mol. The van der Waals surface area contributed by atoms with Crippen molar-refractivity contribution in [2.24, 2.45) is 0 Å². The molecular weight excluding hydrogens is 329 g/mol. The van der Waals surface area contributed by atoms with Crippen LogP contribution in [0.3, 0.4) is 0 Å². The average Bonchev–Trinajstić information content (AvgIpc) is 2.70. The van der Waals surface area contributed by atoms with Crippen LogP contribution in [-0.2, 0) is 0 Å². The van der Waals surface area contributed by atoms with E-state index in [-0.39, 0.29) is 6.17 Å². The van der Waals surface area contributed by atoms with Crippen molar-refractivity contribution >= 4 is 28.7 Å². The van der Waals surface area contributed by atoms with Crippen LogP contribution < -0.4 is 20.9 Å². The summed E-state index contributed by atoms with van der Waals surface area (Å²) in [5.41, 5.74) is 10.1. The van der Waals surface area contributed by atoms with Crippen molar-refractivity contribution in [3.8, 4) is 0 Å². The molecule has 1 unspecified atom stereocenters. The third kappa shape index (κ3) is 3.25. The fourth-order valence-corrected chi connectivity index (χ4v) is 3.13. The summed E-state index contributed by atoms with van der Waals surface area (Å²) < 4.78 is 0. The highest BCUT2D eigenvalue weighted by atomic mass is 32.1. The number of anilines is 2. The van der Waals surface area contributed by atoms with Gasteiger partial charge in [-0.15, -0.1) is 0 Å². The van der Waals surface area contributed by atoms with Gasteiger partial charge in [0.1, 0.15) is 6.17 Å². The second kappa shape index (κ2) is 7.03.